The first-order valence-electron chi connectivity index (χ1n) is 12.3. The highest BCUT2D eigenvalue weighted by molar-refractivity contribution is 6.04. The first-order valence-corrected chi connectivity index (χ1v) is 12.3. The molecule has 0 atom stereocenters. The standard InChI is InChI=1S/C15H11F4NO2.C8H4F4O2.C7H9NO/c1-22-11-4-2-3-10(8-11)20-14(21)9-5-6-13(16)12(7-9)15(17,18)19;9-6-2-1-4(7(13)14)3-5(6)8(10,11)12;1-9-7-4-2-3-6(8)5-7/h2-8H,1H3,(H,20,21);1-3H,(H,13,14);2-5H,8H2,1H3. The van der Waals surface area contributed by atoms with Gasteiger partial charge in [0.2, 0.25) is 0 Å². The molecular formula is C30H24F8N2O5. The third kappa shape index (κ3) is 11.0. The number of carbonyl (C=O) groups is 2. The van der Waals surface area contributed by atoms with Crippen molar-refractivity contribution in [2.45, 2.75) is 12.4 Å². The van der Waals surface area contributed by atoms with Crippen LogP contribution in [0.3, 0.4) is 0 Å². The summed E-state index contributed by atoms with van der Waals surface area (Å²) in [6.07, 6.45) is -9.74. The van der Waals surface area contributed by atoms with Gasteiger partial charge < -0.3 is 25.6 Å². The highest BCUT2D eigenvalue weighted by Crippen LogP contribution is 2.33. The Balaban J connectivity index is 0.000000261. The van der Waals surface area contributed by atoms with Gasteiger partial charge in [-0.15, -0.1) is 0 Å². The van der Waals surface area contributed by atoms with Crippen LogP contribution in [0, 0.1) is 11.6 Å². The van der Waals surface area contributed by atoms with Gasteiger partial charge in [-0.1, -0.05) is 12.1 Å². The molecule has 4 N–H and O–H groups in total. The number of methoxy groups -OCH3 is 2. The van der Waals surface area contributed by atoms with Gasteiger partial charge in [-0.3, -0.25) is 4.79 Å². The van der Waals surface area contributed by atoms with Crippen LogP contribution in [0.25, 0.3) is 0 Å². The number of benzene rings is 4. The summed E-state index contributed by atoms with van der Waals surface area (Å²) in [6.45, 7) is 0. The summed E-state index contributed by atoms with van der Waals surface area (Å²) >= 11 is 0. The molecule has 1 amide bonds. The van der Waals surface area contributed by atoms with E-state index < -0.39 is 52.6 Å². The molecule has 0 aromatic heterocycles. The van der Waals surface area contributed by atoms with Crippen molar-refractivity contribution < 1.29 is 59.3 Å². The largest absolute Gasteiger partial charge is 0.497 e. The number of carboxylic acid groups (broad SMARTS) is 1. The van der Waals surface area contributed by atoms with E-state index in [1.54, 1.807) is 31.4 Å². The fourth-order valence-electron chi connectivity index (χ4n) is 3.30. The summed E-state index contributed by atoms with van der Waals surface area (Å²) in [5.41, 5.74) is 2.59. The van der Waals surface area contributed by atoms with E-state index >= 15 is 0 Å². The number of ether oxygens (including phenoxy) is 2. The summed E-state index contributed by atoms with van der Waals surface area (Å²) in [5.74, 6) is -3.94. The topological polar surface area (TPSA) is 111 Å². The van der Waals surface area contributed by atoms with Crippen molar-refractivity contribution in [3.05, 3.63) is 119 Å². The van der Waals surface area contributed by atoms with Crippen molar-refractivity contribution in [3.63, 3.8) is 0 Å². The van der Waals surface area contributed by atoms with E-state index in [0.29, 0.717) is 29.6 Å². The van der Waals surface area contributed by atoms with Crippen molar-refractivity contribution in [2.24, 2.45) is 0 Å². The van der Waals surface area contributed by atoms with Gasteiger partial charge in [0.25, 0.3) is 5.91 Å². The minimum Gasteiger partial charge on any atom is -0.497 e. The molecule has 0 unspecified atom stereocenters. The number of nitrogen functional groups attached to an aromatic ring is 1. The fourth-order valence-corrected chi connectivity index (χ4v) is 3.30. The molecule has 0 fully saturated rings. The van der Waals surface area contributed by atoms with Crippen LogP contribution < -0.4 is 20.5 Å². The first kappa shape index (κ1) is 35.9. The number of amides is 1. The van der Waals surface area contributed by atoms with Gasteiger partial charge in [-0.25, -0.2) is 13.6 Å². The molecule has 0 aliphatic rings. The number of anilines is 2. The molecule has 0 aliphatic carbocycles. The number of aromatic carboxylic acids is 1. The number of rotatable bonds is 5. The number of hydrogen-bond donors (Lipinski definition) is 3. The van der Waals surface area contributed by atoms with Gasteiger partial charge in [0.15, 0.2) is 0 Å². The summed E-state index contributed by atoms with van der Waals surface area (Å²) in [4.78, 5) is 22.3. The normalized spacial score (nSPS) is 10.8. The second-order valence-corrected chi connectivity index (χ2v) is 8.65. The Morgan fingerprint density at radius 1 is 0.689 bits per heavy atom. The maximum Gasteiger partial charge on any atom is 0.419 e. The molecule has 0 saturated heterocycles. The maximum absolute atomic E-state index is 13.2. The van der Waals surface area contributed by atoms with Gasteiger partial charge in [0, 0.05) is 29.1 Å². The number of alkyl halides is 6. The highest BCUT2D eigenvalue weighted by atomic mass is 19.4. The van der Waals surface area contributed by atoms with E-state index in [0.717, 1.165) is 23.6 Å². The van der Waals surface area contributed by atoms with Gasteiger partial charge in [0.1, 0.15) is 23.1 Å². The predicted octanol–water partition coefficient (Wildman–Crippen LogP) is 7.93. The Morgan fingerprint density at radius 2 is 1.16 bits per heavy atom. The lowest BCUT2D eigenvalue weighted by Gasteiger charge is -2.11. The summed E-state index contributed by atoms with van der Waals surface area (Å²) < 4.78 is 110. The molecule has 45 heavy (non-hydrogen) atoms. The molecule has 4 aromatic rings. The Morgan fingerprint density at radius 3 is 1.60 bits per heavy atom. The van der Waals surface area contributed by atoms with Crippen LogP contribution in [-0.2, 0) is 12.4 Å². The second-order valence-electron chi connectivity index (χ2n) is 8.65. The molecule has 0 radical (unpaired) electrons. The zero-order chi connectivity index (χ0) is 33.9. The minimum absolute atomic E-state index is 0.262. The van der Waals surface area contributed by atoms with E-state index in [-0.39, 0.29) is 11.6 Å². The second kappa shape index (κ2) is 15.4. The van der Waals surface area contributed by atoms with E-state index in [2.05, 4.69) is 5.32 Å². The van der Waals surface area contributed by atoms with Gasteiger partial charge in [-0.2, -0.15) is 26.3 Å². The zero-order valence-corrected chi connectivity index (χ0v) is 23.3. The molecule has 0 spiro atoms. The van der Waals surface area contributed by atoms with Crippen molar-refractivity contribution >= 4 is 23.3 Å². The summed E-state index contributed by atoms with van der Waals surface area (Å²) in [5, 5.41) is 10.8. The van der Waals surface area contributed by atoms with Crippen LogP contribution in [0.1, 0.15) is 31.8 Å². The molecule has 0 heterocycles. The van der Waals surface area contributed by atoms with Gasteiger partial charge in [0.05, 0.1) is 30.9 Å². The number of hydrogen-bond acceptors (Lipinski definition) is 5. The fraction of sp³-hybridized carbons (Fsp3) is 0.133. The first-order chi connectivity index (χ1) is 21.0. The molecule has 4 rings (SSSR count). The lowest BCUT2D eigenvalue weighted by Crippen LogP contribution is -2.15. The van der Waals surface area contributed by atoms with Gasteiger partial charge >= 0.3 is 18.3 Å². The molecule has 15 heteroatoms. The Labute approximate surface area is 250 Å². The maximum atomic E-state index is 13.2. The Hall–Kier alpha value is -5.34. The van der Waals surface area contributed by atoms with Crippen LogP contribution >= 0.6 is 0 Å². The lowest BCUT2D eigenvalue weighted by molar-refractivity contribution is -0.140. The van der Waals surface area contributed by atoms with Crippen LogP contribution in [-0.4, -0.2) is 31.2 Å². The van der Waals surface area contributed by atoms with E-state index in [4.69, 9.17) is 20.3 Å². The predicted molar refractivity (Wildman–Crippen MR) is 148 cm³/mol. The Kier molecular flexibility index (Phi) is 12.3. The third-order valence-electron chi connectivity index (χ3n) is 5.47. The zero-order valence-electron chi connectivity index (χ0n) is 23.3. The number of halogens is 8. The van der Waals surface area contributed by atoms with Crippen molar-refractivity contribution in [3.8, 4) is 11.5 Å². The molecule has 0 bridgehead atoms. The number of carbonyl (C=O) groups excluding carboxylic acids is 1. The molecule has 0 aliphatic heterocycles. The molecule has 4 aromatic carbocycles. The molecule has 7 nitrogen and oxygen atoms in total. The smallest absolute Gasteiger partial charge is 0.419 e. The Bertz CT molecular complexity index is 1620. The van der Waals surface area contributed by atoms with Crippen molar-refractivity contribution in [1.82, 2.24) is 0 Å². The summed E-state index contributed by atoms with van der Waals surface area (Å²) in [6, 6.07) is 17.2. The quantitative estimate of drug-likeness (QED) is 0.150. The third-order valence-corrected chi connectivity index (χ3v) is 5.47. The lowest BCUT2D eigenvalue weighted by atomic mass is 10.1. The minimum atomic E-state index is -4.88. The summed E-state index contributed by atoms with van der Waals surface area (Å²) in [7, 11) is 3.06. The molecular weight excluding hydrogens is 620 g/mol. The molecule has 240 valence electrons. The average Bonchev–Trinajstić information content (AvgIpc) is 2.97. The van der Waals surface area contributed by atoms with E-state index in [1.807, 2.05) is 18.2 Å². The number of carboxylic acids is 1. The van der Waals surface area contributed by atoms with Crippen molar-refractivity contribution in [1.29, 1.82) is 0 Å². The van der Waals surface area contributed by atoms with E-state index in [9.17, 15) is 44.7 Å². The number of nitrogens with two attached hydrogens (primary N) is 1. The molecule has 0 saturated carbocycles. The van der Waals surface area contributed by atoms with Crippen LogP contribution in [0.15, 0.2) is 84.9 Å². The van der Waals surface area contributed by atoms with Crippen LogP contribution in [0.2, 0.25) is 0 Å². The number of nitrogens with one attached hydrogen (secondary N) is 1. The van der Waals surface area contributed by atoms with E-state index in [1.165, 1.54) is 13.2 Å². The monoisotopic (exact) mass is 644 g/mol. The van der Waals surface area contributed by atoms with Crippen LogP contribution in [0.5, 0.6) is 11.5 Å². The van der Waals surface area contributed by atoms with Gasteiger partial charge in [-0.05, 0) is 60.7 Å². The average molecular weight is 645 g/mol. The SMILES string of the molecule is COc1cccc(N)c1.COc1cccc(NC(=O)c2ccc(F)c(C(F)(F)F)c2)c1.O=C(O)c1ccc(F)c(C(F)(F)F)c1. The van der Waals surface area contributed by atoms with Crippen molar-refractivity contribution in [2.75, 3.05) is 25.3 Å². The highest BCUT2D eigenvalue weighted by Gasteiger charge is 2.35. The van der Waals surface area contributed by atoms with Crippen LogP contribution in [0.4, 0.5) is 46.5 Å².